The highest BCUT2D eigenvalue weighted by Crippen LogP contribution is 2.32. The van der Waals surface area contributed by atoms with Crippen LogP contribution < -0.4 is 5.32 Å². The summed E-state index contributed by atoms with van der Waals surface area (Å²) in [5.74, 6) is -1.58. The van der Waals surface area contributed by atoms with Crippen LogP contribution in [0.15, 0.2) is 18.2 Å². The first-order valence-corrected chi connectivity index (χ1v) is 8.11. The fraction of sp³-hybridized carbons (Fsp3) is 0.529. The van der Waals surface area contributed by atoms with E-state index in [1.807, 2.05) is 20.8 Å². The minimum absolute atomic E-state index is 0.112. The van der Waals surface area contributed by atoms with Crippen molar-refractivity contribution in [1.29, 1.82) is 0 Å². The van der Waals surface area contributed by atoms with Gasteiger partial charge in [-0.15, -0.1) is 0 Å². The van der Waals surface area contributed by atoms with Gasteiger partial charge in [0, 0.05) is 6.07 Å². The van der Waals surface area contributed by atoms with Gasteiger partial charge in [0.25, 0.3) is 0 Å². The van der Waals surface area contributed by atoms with Crippen LogP contribution in [0.2, 0.25) is 0 Å². The molecule has 1 aliphatic heterocycles. The number of halogens is 2. The molecule has 2 N–H and O–H groups in total. The number of quaternary nitrogens is 1. The normalized spacial score (nSPS) is 24.1. The Morgan fingerprint density at radius 3 is 2.44 bits per heavy atom. The number of nitrogens with zero attached hydrogens (tertiary/aromatic N) is 2. The highest BCUT2D eigenvalue weighted by atomic mass is 19.1. The van der Waals surface area contributed by atoms with Crippen molar-refractivity contribution in [1.82, 2.24) is 4.90 Å². The van der Waals surface area contributed by atoms with Crippen LogP contribution in [-0.4, -0.2) is 57.8 Å². The molecule has 2 rings (SSSR count). The number of carbonyl (C=O) groups is 2. The van der Waals surface area contributed by atoms with Crippen molar-refractivity contribution in [3.63, 3.8) is 0 Å². The molecule has 1 aromatic carbocycles. The molecule has 0 saturated carbocycles. The number of carbonyl (C=O) groups excluding carboxylic acids is 1. The van der Waals surface area contributed by atoms with Gasteiger partial charge in [-0.1, -0.05) is 0 Å². The van der Waals surface area contributed by atoms with E-state index in [1.54, 1.807) is 6.92 Å². The second-order valence-electron chi connectivity index (χ2n) is 7.40. The highest BCUT2D eigenvalue weighted by Gasteiger charge is 2.54. The van der Waals surface area contributed by atoms with Crippen molar-refractivity contribution in [2.24, 2.45) is 0 Å². The standard InChI is InChI=1S/C17H23F2N3O3/c1-11-10-21(7-8-22(11,16(24)25)17(2,3)4)15(23)20-14-6-5-12(18)9-13(14)19/h5-6,9,11H,7-8,10H2,1-4H3,(H-,20,23,24,25)/p+1/t11-,22?/m0/s1. The molecular weight excluding hydrogens is 332 g/mol. The number of nitrogens with one attached hydrogen (secondary N) is 1. The van der Waals surface area contributed by atoms with Crippen molar-refractivity contribution < 1.29 is 28.0 Å². The number of rotatable bonds is 1. The van der Waals surface area contributed by atoms with Crippen LogP contribution in [0.4, 0.5) is 24.1 Å². The van der Waals surface area contributed by atoms with Gasteiger partial charge < -0.3 is 15.3 Å². The Balaban J connectivity index is 2.14. The van der Waals surface area contributed by atoms with Crippen LogP contribution in [0.3, 0.4) is 0 Å². The predicted octanol–water partition coefficient (Wildman–Crippen LogP) is 3.49. The highest BCUT2D eigenvalue weighted by molar-refractivity contribution is 5.89. The minimum atomic E-state index is -0.926. The van der Waals surface area contributed by atoms with Crippen LogP contribution in [-0.2, 0) is 0 Å². The molecule has 0 aliphatic carbocycles. The number of hydrogen-bond donors (Lipinski definition) is 2. The quantitative estimate of drug-likeness (QED) is 0.757. The molecular formula is C17H24F2N3O3+. The van der Waals surface area contributed by atoms with Crippen molar-refractivity contribution in [2.75, 3.05) is 25.0 Å². The summed E-state index contributed by atoms with van der Waals surface area (Å²) >= 11 is 0. The van der Waals surface area contributed by atoms with Crippen molar-refractivity contribution in [3.05, 3.63) is 29.8 Å². The zero-order valence-electron chi connectivity index (χ0n) is 14.8. The summed E-state index contributed by atoms with van der Waals surface area (Å²) in [6.45, 7) is 8.07. The van der Waals surface area contributed by atoms with Gasteiger partial charge in [-0.3, -0.25) is 0 Å². The summed E-state index contributed by atoms with van der Waals surface area (Å²) in [5.41, 5.74) is -0.643. The average Bonchev–Trinajstić information content (AvgIpc) is 2.48. The third-order valence-corrected chi connectivity index (χ3v) is 4.96. The summed E-state index contributed by atoms with van der Waals surface area (Å²) in [5, 5.41) is 12.2. The lowest BCUT2D eigenvalue weighted by atomic mass is 9.96. The molecule has 2 atom stereocenters. The van der Waals surface area contributed by atoms with Crippen LogP contribution in [0.5, 0.6) is 0 Å². The van der Waals surface area contributed by atoms with Gasteiger partial charge in [-0.25, -0.2) is 18.1 Å². The number of carboxylic acid groups (broad SMARTS) is 1. The molecule has 1 aromatic rings. The third-order valence-electron chi connectivity index (χ3n) is 4.96. The van der Waals surface area contributed by atoms with E-state index in [9.17, 15) is 23.5 Å². The van der Waals surface area contributed by atoms with Crippen LogP contribution in [0.1, 0.15) is 27.7 Å². The summed E-state index contributed by atoms with van der Waals surface area (Å²) < 4.78 is 26.5. The second-order valence-corrected chi connectivity index (χ2v) is 7.40. The lowest BCUT2D eigenvalue weighted by Gasteiger charge is -2.52. The fourth-order valence-electron chi connectivity index (χ4n) is 3.59. The Bertz CT molecular complexity index is 690. The molecule has 1 heterocycles. The van der Waals surface area contributed by atoms with Gasteiger partial charge in [0.1, 0.15) is 29.8 Å². The first-order valence-electron chi connectivity index (χ1n) is 8.11. The molecule has 3 amide bonds. The maximum Gasteiger partial charge on any atom is 0.514 e. The number of benzene rings is 1. The molecule has 25 heavy (non-hydrogen) atoms. The van der Waals surface area contributed by atoms with Crippen molar-refractivity contribution in [3.8, 4) is 0 Å². The van der Waals surface area contributed by atoms with E-state index >= 15 is 0 Å². The van der Waals surface area contributed by atoms with Gasteiger partial charge in [0.15, 0.2) is 0 Å². The zero-order valence-corrected chi connectivity index (χ0v) is 14.8. The molecule has 0 radical (unpaired) electrons. The molecule has 138 valence electrons. The Kier molecular flexibility index (Phi) is 5.04. The molecule has 0 bridgehead atoms. The van der Waals surface area contributed by atoms with E-state index in [0.29, 0.717) is 6.07 Å². The summed E-state index contributed by atoms with van der Waals surface area (Å²) in [6, 6.07) is 2.04. The average molecular weight is 356 g/mol. The Morgan fingerprint density at radius 2 is 1.96 bits per heavy atom. The predicted molar refractivity (Wildman–Crippen MR) is 89.3 cm³/mol. The number of piperazine rings is 1. The van der Waals surface area contributed by atoms with Crippen molar-refractivity contribution >= 4 is 17.8 Å². The van der Waals surface area contributed by atoms with Gasteiger partial charge in [-0.05, 0) is 39.8 Å². The maximum absolute atomic E-state index is 13.7. The summed E-state index contributed by atoms with van der Waals surface area (Å²) in [7, 11) is 0. The van der Waals surface area contributed by atoms with Gasteiger partial charge >= 0.3 is 12.1 Å². The Labute approximate surface area is 145 Å². The van der Waals surface area contributed by atoms with E-state index in [-0.39, 0.29) is 35.8 Å². The van der Waals surface area contributed by atoms with Crippen molar-refractivity contribution in [2.45, 2.75) is 39.3 Å². The Morgan fingerprint density at radius 1 is 1.32 bits per heavy atom. The topological polar surface area (TPSA) is 69.6 Å². The van der Waals surface area contributed by atoms with Crippen LogP contribution >= 0.6 is 0 Å². The van der Waals surface area contributed by atoms with E-state index < -0.39 is 29.3 Å². The molecule has 6 nitrogen and oxygen atoms in total. The third kappa shape index (κ3) is 3.44. The zero-order chi connectivity index (χ0) is 19.0. The van der Waals surface area contributed by atoms with E-state index in [0.717, 1.165) is 12.1 Å². The number of urea groups is 1. The number of hydrogen-bond acceptors (Lipinski definition) is 2. The SMILES string of the molecule is C[C@H]1CN(C(=O)Nc2ccc(F)cc2F)CC[N+]1(C(=O)O)C(C)(C)C. The molecule has 0 spiro atoms. The fourth-order valence-corrected chi connectivity index (χ4v) is 3.59. The number of amides is 3. The second kappa shape index (κ2) is 6.59. The summed E-state index contributed by atoms with van der Waals surface area (Å²) in [6.07, 6.45) is -0.926. The first-order chi connectivity index (χ1) is 11.5. The van der Waals surface area contributed by atoms with E-state index in [2.05, 4.69) is 5.32 Å². The molecule has 1 aliphatic rings. The van der Waals surface area contributed by atoms with Crippen LogP contribution in [0.25, 0.3) is 0 Å². The first kappa shape index (κ1) is 19.1. The molecule has 1 unspecified atom stereocenters. The maximum atomic E-state index is 13.7. The van der Waals surface area contributed by atoms with E-state index in [1.165, 1.54) is 4.90 Å². The van der Waals surface area contributed by atoms with Crippen LogP contribution in [0, 0.1) is 11.6 Å². The molecule has 1 saturated heterocycles. The van der Waals surface area contributed by atoms with Gasteiger partial charge in [0.2, 0.25) is 0 Å². The monoisotopic (exact) mass is 356 g/mol. The largest absolute Gasteiger partial charge is 0.514 e. The van der Waals surface area contributed by atoms with Gasteiger partial charge in [-0.2, -0.15) is 4.79 Å². The van der Waals surface area contributed by atoms with Gasteiger partial charge in [0.05, 0.1) is 18.8 Å². The number of anilines is 1. The minimum Gasteiger partial charge on any atom is -0.435 e. The lowest BCUT2D eigenvalue weighted by molar-refractivity contribution is -0.928. The smallest absolute Gasteiger partial charge is 0.435 e. The molecule has 8 heteroatoms. The molecule has 0 aromatic heterocycles. The van der Waals surface area contributed by atoms with E-state index in [4.69, 9.17) is 0 Å². The lowest BCUT2D eigenvalue weighted by Crippen LogP contribution is -2.74. The summed E-state index contributed by atoms with van der Waals surface area (Å²) in [4.78, 5) is 25.8. The molecule has 1 fully saturated rings. The Hall–Kier alpha value is -2.22.